The molecule has 2 aromatic carbocycles. The van der Waals surface area contributed by atoms with Gasteiger partial charge in [-0.05, 0) is 44.4 Å². The van der Waals surface area contributed by atoms with E-state index in [9.17, 15) is 4.39 Å². The first-order chi connectivity index (χ1) is 12.5. The summed E-state index contributed by atoms with van der Waals surface area (Å²) in [4.78, 5) is 2.43. The number of aliphatic hydroxyl groups is 1. The molecule has 0 aliphatic carbocycles. The van der Waals surface area contributed by atoms with Crippen LogP contribution in [-0.2, 0) is 0 Å². The standard InChI is InChI=1S/C9H19NO.C7H7F.C7H8/c1-3-8-5-10(4-2)6-9(8)7-11;1-6-2-4-7(8)5-3-6;1-7-5-3-2-4-6-7/h8-9,11H,3-7H2,1-2H3;2-5H,1H3;2-6H,1H3/t8-,9-;;/m1../s1. The van der Waals surface area contributed by atoms with Gasteiger partial charge in [0, 0.05) is 19.7 Å². The molecule has 0 spiro atoms. The molecule has 1 fully saturated rings. The Bertz CT molecular complexity index is 552. The zero-order valence-electron chi connectivity index (χ0n) is 16.7. The Kier molecular flexibility index (Phi) is 10.8. The van der Waals surface area contributed by atoms with Crippen molar-refractivity contribution in [3.63, 3.8) is 0 Å². The van der Waals surface area contributed by atoms with Gasteiger partial charge in [0.1, 0.15) is 5.82 Å². The lowest BCUT2D eigenvalue weighted by Crippen LogP contribution is -2.20. The highest BCUT2D eigenvalue weighted by atomic mass is 19.1. The Balaban J connectivity index is 0.000000201. The summed E-state index contributed by atoms with van der Waals surface area (Å²) >= 11 is 0. The third-order valence-electron chi connectivity index (χ3n) is 4.81. The summed E-state index contributed by atoms with van der Waals surface area (Å²) in [6.07, 6.45) is 1.21. The number of hydrogen-bond acceptors (Lipinski definition) is 2. The van der Waals surface area contributed by atoms with Crippen LogP contribution in [-0.4, -0.2) is 36.2 Å². The lowest BCUT2D eigenvalue weighted by molar-refractivity contribution is 0.199. The number of likely N-dealkylation sites (tertiary alicyclic amines) is 1. The smallest absolute Gasteiger partial charge is 0.123 e. The van der Waals surface area contributed by atoms with Crippen molar-refractivity contribution in [2.24, 2.45) is 11.8 Å². The quantitative estimate of drug-likeness (QED) is 0.825. The van der Waals surface area contributed by atoms with Gasteiger partial charge in [0.2, 0.25) is 0 Å². The van der Waals surface area contributed by atoms with Crippen LogP contribution < -0.4 is 0 Å². The van der Waals surface area contributed by atoms with E-state index in [0.29, 0.717) is 12.5 Å². The molecule has 2 atom stereocenters. The molecule has 1 aliphatic heterocycles. The highest BCUT2D eigenvalue weighted by molar-refractivity contribution is 5.13. The Hall–Kier alpha value is -1.71. The third kappa shape index (κ3) is 8.59. The van der Waals surface area contributed by atoms with Gasteiger partial charge in [-0.25, -0.2) is 4.39 Å². The first-order valence-electron chi connectivity index (χ1n) is 9.57. The minimum Gasteiger partial charge on any atom is -0.396 e. The van der Waals surface area contributed by atoms with Crippen molar-refractivity contribution in [3.05, 3.63) is 71.5 Å². The first kappa shape index (κ1) is 22.3. The second kappa shape index (κ2) is 12.6. The van der Waals surface area contributed by atoms with Crippen LogP contribution in [0.2, 0.25) is 0 Å². The number of nitrogens with zero attached hydrogens (tertiary/aromatic N) is 1. The molecular weight excluding hydrogens is 325 g/mol. The van der Waals surface area contributed by atoms with Crippen LogP contribution in [0.25, 0.3) is 0 Å². The molecule has 2 aromatic rings. The largest absolute Gasteiger partial charge is 0.396 e. The molecule has 0 radical (unpaired) electrons. The summed E-state index contributed by atoms with van der Waals surface area (Å²) in [5, 5.41) is 9.05. The molecule has 1 aliphatic rings. The van der Waals surface area contributed by atoms with Crippen LogP contribution in [0.1, 0.15) is 31.4 Å². The van der Waals surface area contributed by atoms with Crippen molar-refractivity contribution < 1.29 is 9.50 Å². The molecule has 3 heteroatoms. The lowest BCUT2D eigenvalue weighted by atomic mass is 9.95. The van der Waals surface area contributed by atoms with E-state index in [2.05, 4.69) is 37.8 Å². The Morgan fingerprint density at radius 3 is 1.77 bits per heavy atom. The lowest BCUT2D eigenvalue weighted by Gasteiger charge is -2.12. The van der Waals surface area contributed by atoms with Gasteiger partial charge in [-0.1, -0.05) is 73.9 Å². The highest BCUT2D eigenvalue weighted by Crippen LogP contribution is 2.24. The monoisotopic (exact) mass is 359 g/mol. The second-order valence-electron chi connectivity index (χ2n) is 6.91. The van der Waals surface area contributed by atoms with Crippen LogP contribution in [0.3, 0.4) is 0 Å². The molecule has 0 unspecified atom stereocenters. The van der Waals surface area contributed by atoms with Crippen molar-refractivity contribution in [2.75, 3.05) is 26.2 Å². The average molecular weight is 360 g/mol. The van der Waals surface area contributed by atoms with E-state index >= 15 is 0 Å². The van der Waals surface area contributed by atoms with Crippen LogP contribution in [0.15, 0.2) is 54.6 Å². The van der Waals surface area contributed by atoms with E-state index in [4.69, 9.17) is 5.11 Å². The second-order valence-corrected chi connectivity index (χ2v) is 6.91. The van der Waals surface area contributed by atoms with Gasteiger partial charge >= 0.3 is 0 Å². The zero-order chi connectivity index (χ0) is 19.4. The third-order valence-corrected chi connectivity index (χ3v) is 4.81. The van der Waals surface area contributed by atoms with Crippen LogP contribution in [0.5, 0.6) is 0 Å². The molecule has 1 heterocycles. The molecule has 0 bridgehead atoms. The minimum atomic E-state index is -0.171. The molecule has 0 amide bonds. The normalized spacial score (nSPS) is 19.2. The highest BCUT2D eigenvalue weighted by Gasteiger charge is 2.29. The molecule has 3 rings (SSSR count). The SMILES string of the molecule is CC[C@@H]1CN(CC)C[C@@H]1CO.Cc1ccc(F)cc1.Cc1ccccc1. The van der Waals surface area contributed by atoms with E-state index < -0.39 is 0 Å². The average Bonchev–Trinajstić information content (AvgIpc) is 3.08. The number of hydrogen-bond donors (Lipinski definition) is 1. The number of aryl methyl sites for hydroxylation is 2. The van der Waals surface area contributed by atoms with E-state index in [1.54, 1.807) is 12.1 Å². The van der Waals surface area contributed by atoms with Gasteiger partial charge in [0.25, 0.3) is 0 Å². The predicted octanol–water partition coefficient (Wildman–Crippen LogP) is 5.09. The summed E-state index contributed by atoms with van der Waals surface area (Å²) in [6, 6.07) is 16.7. The fourth-order valence-corrected chi connectivity index (χ4v) is 3.03. The maximum absolute atomic E-state index is 12.1. The van der Waals surface area contributed by atoms with Crippen molar-refractivity contribution in [2.45, 2.75) is 34.1 Å². The number of rotatable bonds is 3. The molecule has 26 heavy (non-hydrogen) atoms. The van der Waals surface area contributed by atoms with Crippen LogP contribution in [0.4, 0.5) is 4.39 Å². The van der Waals surface area contributed by atoms with Gasteiger partial charge in [0.05, 0.1) is 0 Å². The number of aliphatic hydroxyl groups excluding tert-OH is 1. The molecule has 0 saturated carbocycles. The summed E-state index contributed by atoms with van der Waals surface area (Å²) < 4.78 is 12.1. The Morgan fingerprint density at radius 1 is 0.885 bits per heavy atom. The molecule has 1 N–H and O–H groups in total. The van der Waals surface area contributed by atoms with Gasteiger partial charge in [0.15, 0.2) is 0 Å². The summed E-state index contributed by atoms with van der Waals surface area (Å²) in [6.45, 7) is 12.2. The van der Waals surface area contributed by atoms with Crippen molar-refractivity contribution in [1.29, 1.82) is 0 Å². The van der Waals surface area contributed by atoms with Gasteiger partial charge in [-0.2, -0.15) is 0 Å². The first-order valence-corrected chi connectivity index (χ1v) is 9.57. The van der Waals surface area contributed by atoms with E-state index in [0.717, 1.165) is 24.6 Å². The molecule has 1 saturated heterocycles. The van der Waals surface area contributed by atoms with Crippen molar-refractivity contribution in [1.82, 2.24) is 4.90 Å². The fourth-order valence-electron chi connectivity index (χ4n) is 3.03. The molecule has 144 valence electrons. The summed E-state index contributed by atoms with van der Waals surface area (Å²) in [7, 11) is 0. The van der Waals surface area contributed by atoms with Crippen LogP contribution >= 0.6 is 0 Å². The van der Waals surface area contributed by atoms with Crippen molar-refractivity contribution in [3.8, 4) is 0 Å². The van der Waals surface area contributed by atoms with E-state index in [1.807, 2.05) is 25.1 Å². The number of benzene rings is 2. The molecule has 0 aromatic heterocycles. The minimum absolute atomic E-state index is 0.171. The van der Waals surface area contributed by atoms with Gasteiger partial charge in [-0.3, -0.25) is 0 Å². The van der Waals surface area contributed by atoms with E-state index in [1.165, 1.54) is 30.7 Å². The van der Waals surface area contributed by atoms with E-state index in [-0.39, 0.29) is 5.82 Å². The summed E-state index contributed by atoms with van der Waals surface area (Å²) in [5.41, 5.74) is 2.41. The van der Waals surface area contributed by atoms with Gasteiger partial charge < -0.3 is 10.0 Å². The molecule has 2 nitrogen and oxygen atoms in total. The fraction of sp³-hybridized carbons (Fsp3) is 0.478. The summed E-state index contributed by atoms with van der Waals surface area (Å²) in [5.74, 6) is 1.11. The molecular formula is C23H34FNO. The zero-order valence-corrected chi connectivity index (χ0v) is 16.7. The topological polar surface area (TPSA) is 23.5 Å². The number of halogens is 1. The Morgan fingerprint density at radius 2 is 1.42 bits per heavy atom. The predicted molar refractivity (Wildman–Crippen MR) is 109 cm³/mol. The van der Waals surface area contributed by atoms with Gasteiger partial charge in [-0.15, -0.1) is 0 Å². The van der Waals surface area contributed by atoms with Crippen molar-refractivity contribution >= 4 is 0 Å². The Labute approximate surface area is 158 Å². The maximum Gasteiger partial charge on any atom is 0.123 e. The maximum atomic E-state index is 12.1. The van der Waals surface area contributed by atoms with Crippen LogP contribution in [0, 0.1) is 31.5 Å².